The van der Waals surface area contributed by atoms with E-state index >= 15 is 0 Å². The molecule has 0 aromatic carbocycles. The Morgan fingerprint density at radius 3 is 2.65 bits per heavy atom. The number of aliphatic hydroxyl groups is 3. The van der Waals surface area contributed by atoms with Gasteiger partial charge in [-0.1, -0.05) is 25.5 Å². The van der Waals surface area contributed by atoms with Crippen LogP contribution in [-0.4, -0.2) is 52.6 Å². The van der Waals surface area contributed by atoms with Gasteiger partial charge in [-0.3, -0.25) is 4.79 Å². The van der Waals surface area contributed by atoms with Gasteiger partial charge in [0.05, 0.1) is 31.5 Å². The van der Waals surface area contributed by atoms with E-state index in [0.29, 0.717) is 5.92 Å². The van der Waals surface area contributed by atoms with Gasteiger partial charge in [-0.2, -0.15) is 0 Å². The number of rotatable bonds is 2. The molecule has 0 aromatic heterocycles. The van der Waals surface area contributed by atoms with Crippen LogP contribution in [0.15, 0.2) is 11.6 Å². The van der Waals surface area contributed by atoms with Gasteiger partial charge in [-0.05, 0) is 49.9 Å². The third-order valence-electron chi connectivity index (χ3n) is 8.19. The van der Waals surface area contributed by atoms with E-state index in [1.54, 1.807) is 0 Å². The fourth-order valence-corrected chi connectivity index (χ4v) is 6.65. The topological polar surface area (TPSA) is 87.0 Å². The van der Waals surface area contributed by atoms with Crippen molar-refractivity contribution in [2.24, 2.45) is 28.6 Å². The monoisotopic (exact) mass is 364 g/mol. The number of carbonyl (C=O) groups excluding carboxylic acids is 1. The summed E-state index contributed by atoms with van der Waals surface area (Å²) in [7, 11) is 0. The first-order chi connectivity index (χ1) is 12.3. The molecule has 0 spiro atoms. The molecule has 4 rings (SSSR count). The largest absolute Gasteiger partial charge is 0.394 e. The number of ketones is 1. The van der Waals surface area contributed by atoms with Crippen molar-refractivity contribution >= 4 is 5.78 Å². The zero-order valence-electron chi connectivity index (χ0n) is 15.9. The van der Waals surface area contributed by atoms with Gasteiger partial charge in [0.2, 0.25) is 0 Å². The third-order valence-corrected chi connectivity index (χ3v) is 8.19. The fraction of sp³-hybridized carbons (Fsp3) is 0.857. The lowest BCUT2D eigenvalue weighted by atomic mass is 9.48. The Balaban J connectivity index is 1.64. The van der Waals surface area contributed by atoms with Crippen molar-refractivity contribution in [3.63, 3.8) is 0 Å². The summed E-state index contributed by atoms with van der Waals surface area (Å²) in [5.74, 6) is 0.212. The van der Waals surface area contributed by atoms with E-state index in [0.717, 1.165) is 38.5 Å². The Labute approximate surface area is 155 Å². The van der Waals surface area contributed by atoms with E-state index < -0.39 is 17.6 Å². The molecule has 5 heteroatoms. The van der Waals surface area contributed by atoms with Crippen molar-refractivity contribution in [1.29, 1.82) is 0 Å². The zero-order chi connectivity index (χ0) is 18.7. The van der Waals surface area contributed by atoms with Crippen LogP contribution in [0.3, 0.4) is 0 Å². The van der Waals surface area contributed by atoms with Crippen molar-refractivity contribution in [1.82, 2.24) is 0 Å². The predicted octanol–water partition coefficient (Wildman–Crippen LogP) is 1.84. The molecule has 3 aliphatic carbocycles. The van der Waals surface area contributed by atoms with Gasteiger partial charge in [-0.25, -0.2) is 0 Å². The van der Waals surface area contributed by atoms with Crippen LogP contribution in [0.25, 0.3) is 0 Å². The quantitative estimate of drug-likeness (QED) is 0.651. The maximum atomic E-state index is 13.6. The van der Waals surface area contributed by atoms with Crippen LogP contribution >= 0.6 is 0 Å². The summed E-state index contributed by atoms with van der Waals surface area (Å²) in [5, 5.41) is 30.2. The highest BCUT2D eigenvalue weighted by molar-refractivity contribution is 5.89. The highest BCUT2D eigenvalue weighted by Crippen LogP contribution is 2.60. The molecule has 5 nitrogen and oxygen atoms in total. The summed E-state index contributed by atoms with van der Waals surface area (Å²) in [5.41, 5.74) is 0.715. The van der Waals surface area contributed by atoms with E-state index in [4.69, 9.17) is 4.74 Å². The average molecular weight is 364 g/mol. The molecule has 1 aliphatic heterocycles. The van der Waals surface area contributed by atoms with Crippen LogP contribution < -0.4 is 0 Å². The van der Waals surface area contributed by atoms with Crippen LogP contribution in [0.2, 0.25) is 0 Å². The molecule has 146 valence electrons. The molecule has 3 N–H and O–H groups in total. The number of Topliss-reactive ketones (excluding diaryl/α,β-unsaturated/α-hetero) is 1. The second-order valence-electron chi connectivity index (χ2n) is 9.46. The normalized spacial score (nSPS) is 51.6. The van der Waals surface area contributed by atoms with Gasteiger partial charge in [-0.15, -0.1) is 0 Å². The fourth-order valence-electron chi connectivity index (χ4n) is 6.65. The summed E-state index contributed by atoms with van der Waals surface area (Å²) >= 11 is 0. The molecular formula is C21H32O5. The first-order valence-electron chi connectivity index (χ1n) is 10.1. The van der Waals surface area contributed by atoms with Crippen LogP contribution in [0, 0.1) is 28.6 Å². The van der Waals surface area contributed by atoms with Gasteiger partial charge in [0.15, 0.2) is 0 Å². The van der Waals surface area contributed by atoms with Crippen molar-refractivity contribution in [2.75, 3.05) is 13.2 Å². The standard InChI is InChI=1S/C21H32O5/c1-20-7-5-13(23)9-12(20)3-4-14-15(20)6-8-21(2,19(14)25)18-16(24)11-26-17(18)10-22/h3,13-18,22-24H,4-11H2,1-2H3/t13-,14+,15-,16+,17+,18+,20-,21+/m0/s1. The maximum absolute atomic E-state index is 13.6. The SMILES string of the molecule is C[C@]1([C@@H]2[C@H](O)CO[C@@H]2CO)CC[C@H]2[C@@H](CC=C3C[C@@H](O)CC[C@@]32C)C1=O. The molecule has 0 amide bonds. The average Bonchev–Trinajstić information content (AvgIpc) is 3.00. The molecule has 8 atom stereocenters. The summed E-state index contributed by atoms with van der Waals surface area (Å²) < 4.78 is 5.56. The summed E-state index contributed by atoms with van der Waals surface area (Å²) in [4.78, 5) is 13.6. The van der Waals surface area contributed by atoms with E-state index in [1.807, 2.05) is 6.92 Å². The number of hydrogen-bond donors (Lipinski definition) is 3. The van der Waals surface area contributed by atoms with E-state index in [2.05, 4.69) is 13.0 Å². The molecular weight excluding hydrogens is 332 g/mol. The van der Waals surface area contributed by atoms with Crippen molar-refractivity contribution in [2.45, 2.75) is 70.7 Å². The van der Waals surface area contributed by atoms with E-state index in [1.165, 1.54) is 5.57 Å². The Hall–Kier alpha value is -0.750. The Morgan fingerprint density at radius 1 is 1.19 bits per heavy atom. The van der Waals surface area contributed by atoms with Crippen LogP contribution in [0.4, 0.5) is 0 Å². The maximum Gasteiger partial charge on any atom is 0.142 e. The van der Waals surface area contributed by atoms with Crippen molar-refractivity contribution in [3.8, 4) is 0 Å². The molecule has 2 saturated carbocycles. The minimum absolute atomic E-state index is 0.0142. The molecule has 0 radical (unpaired) electrons. The number of hydrogen-bond acceptors (Lipinski definition) is 5. The van der Waals surface area contributed by atoms with Crippen LogP contribution in [0.1, 0.15) is 52.4 Å². The molecule has 0 bridgehead atoms. The zero-order valence-corrected chi connectivity index (χ0v) is 15.9. The number of fused-ring (bicyclic) bond motifs is 3. The Kier molecular flexibility index (Phi) is 4.58. The summed E-state index contributed by atoms with van der Waals surface area (Å²) in [6, 6.07) is 0. The Morgan fingerprint density at radius 2 is 1.92 bits per heavy atom. The highest BCUT2D eigenvalue weighted by atomic mass is 16.5. The first kappa shape index (κ1) is 18.6. The van der Waals surface area contributed by atoms with Crippen molar-refractivity contribution in [3.05, 3.63) is 11.6 Å². The third kappa shape index (κ3) is 2.55. The van der Waals surface area contributed by atoms with Gasteiger partial charge in [0.1, 0.15) is 5.78 Å². The predicted molar refractivity (Wildman–Crippen MR) is 96.3 cm³/mol. The number of aliphatic hydroxyl groups excluding tert-OH is 3. The molecule has 0 unspecified atom stereocenters. The van der Waals surface area contributed by atoms with E-state index in [9.17, 15) is 20.1 Å². The minimum Gasteiger partial charge on any atom is -0.394 e. The Bertz CT molecular complexity index is 616. The number of ether oxygens (including phenoxy) is 1. The molecule has 1 saturated heterocycles. The van der Waals surface area contributed by atoms with Crippen LogP contribution in [0.5, 0.6) is 0 Å². The van der Waals surface area contributed by atoms with Gasteiger partial charge in [0.25, 0.3) is 0 Å². The van der Waals surface area contributed by atoms with Crippen LogP contribution in [-0.2, 0) is 9.53 Å². The lowest BCUT2D eigenvalue weighted by Crippen LogP contribution is -2.56. The number of carbonyl (C=O) groups is 1. The van der Waals surface area contributed by atoms with Crippen molar-refractivity contribution < 1.29 is 24.9 Å². The van der Waals surface area contributed by atoms with Gasteiger partial charge < -0.3 is 20.1 Å². The molecule has 1 heterocycles. The summed E-state index contributed by atoms with van der Waals surface area (Å²) in [6.45, 7) is 4.30. The highest BCUT2D eigenvalue weighted by Gasteiger charge is 2.59. The molecule has 4 aliphatic rings. The summed E-state index contributed by atoms with van der Waals surface area (Å²) in [6.07, 6.45) is 5.75. The number of allylic oxidation sites excluding steroid dienone is 1. The second kappa shape index (κ2) is 6.40. The molecule has 26 heavy (non-hydrogen) atoms. The molecule has 0 aromatic rings. The van der Waals surface area contributed by atoms with Gasteiger partial charge in [0, 0.05) is 17.3 Å². The smallest absolute Gasteiger partial charge is 0.142 e. The van der Waals surface area contributed by atoms with Gasteiger partial charge >= 0.3 is 0 Å². The lowest BCUT2D eigenvalue weighted by molar-refractivity contribution is -0.151. The first-order valence-corrected chi connectivity index (χ1v) is 10.1. The second-order valence-corrected chi connectivity index (χ2v) is 9.46. The minimum atomic E-state index is -0.687. The molecule has 3 fully saturated rings. The lowest BCUT2D eigenvalue weighted by Gasteiger charge is -2.55. The van der Waals surface area contributed by atoms with E-state index in [-0.39, 0.29) is 42.4 Å².